The molecule has 20 heavy (non-hydrogen) atoms. The second kappa shape index (κ2) is 5.39. The van der Waals surface area contributed by atoms with Crippen LogP contribution in [0.25, 0.3) is 11.1 Å². The number of benzene rings is 2. The maximum atomic E-state index is 6.19. The van der Waals surface area contributed by atoms with Crippen LogP contribution in [0.15, 0.2) is 60.8 Å². The van der Waals surface area contributed by atoms with Crippen LogP contribution in [-0.2, 0) is 6.54 Å². The predicted molar refractivity (Wildman–Crippen MR) is 82.6 cm³/mol. The van der Waals surface area contributed by atoms with E-state index in [-0.39, 0.29) is 0 Å². The Morgan fingerprint density at radius 3 is 2.40 bits per heavy atom. The maximum Gasteiger partial charge on any atom is 0.129 e. The molecular weight excluding hydrogens is 270 g/mol. The molecule has 0 fully saturated rings. The number of nitrogens with zero attached hydrogens (tertiary/aromatic N) is 2. The Morgan fingerprint density at radius 2 is 1.70 bits per heavy atom. The van der Waals surface area contributed by atoms with Gasteiger partial charge in [0, 0.05) is 10.6 Å². The van der Waals surface area contributed by atoms with Crippen molar-refractivity contribution in [1.29, 1.82) is 0 Å². The lowest BCUT2D eigenvalue weighted by atomic mass is 10.1. The topological polar surface area (TPSA) is 43.8 Å². The monoisotopic (exact) mass is 283 g/mol. The molecule has 0 radical (unpaired) electrons. The van der Waals surface area contributed by atoms with Crippen molar-refractivity contribution >= 4 is 17.4 Å². The number of aromatic nitrogens is 2. The zero-order chi connectivity index (χ0) is 13.9. The van der Waals surface area contributed by atoms with Crippen LogP contribution in [0, 0.1) is 0 Å². The fourth-order valence-corrected chi connectivity index (χ4v) is 2.26. The SMILES string of the molecule is Nc1c(-c2ccc(Cl)cc2)cnn1Cc1ccccc1. The molecule has 4 heteroatoms. The van der Waals surface area contributed by atoms with E-state index in [1.807, 2.05) is 42.5 Å². The molecule has 1 heterocycles. The molecule has 3 rings (SSSR count). The lowest BCUT2D eigenvalue weighted by Gasteiger charge is -2.05. The number of nitrogens with two attached hydrogens (primary N) is 1. The van der Waals surface area contributed by atoms with Gasteiger partial charge in [0.25, 0.3) is 0 Å². The van der Waals surface area contributed by atoms with Crippen molar-refractivity contribution in [2.75, 3.05) is 5.73 Å². The molecule has 0 bridgehead atoms. The fourth-order valence-electron chi connectivity index (χ4n) is 2.13. The number of nitrogen functional groups attached to an aromatic ring is 1. The van der Waals surface area contributed by atoms with E-state index in [1.54, 1.807) is 10.9 Å². The Hall–Kier alpha value is -2.26. The van der Waals surface area contributed by atoms with Gasteiger partial charge in [0.1, 0.15) is 5.82 Å². The first-order valence-electron chi connectivity index (χ1n) is 6.35. The van der Waals surface area contributed by atoms with Crippen molar-refractivity contribution in [2.24, 2.45) is 0 Å². The van der Waals surface area contributed by atoms with Crippen molar-refractivity contribution in [3.63, 3.8) is 0 Å². The van der Waals surface area contributed by atoms with Crippen molar-refractivity contribution in [2.45, 2.75) is 6.54 Å². The minimum atomic E-state index is 0.663. The molecule has 0 saturated heterocycles. The van der Waals surface area contributed by atoms with E-state index in [2.05, 4.69) is 17.2 Å². The molecule has 0 aliphatic heterocycles. The quantitative estimate of drug-likeness (QED) is 0.794. The lowest BCUT2D eigenvalue weighted by Crippen LogP contribution is -2.05. The van der Waals surface area contributed by atoms with Gasteiger partial charge in [-0.15, -0.1) is 0 Å². The molecule has 0 saturated carbocycles. The number of halogens is 1. The molecule has 3 aromatic rings. The number of hydrogen-bond donors (Lipinski definition) is 1. The minimum Gasteiger partial charge on any atom is -0.383 e. The lowest BCUT2D eigenvalue weighted by molar-refractivity contribution is 0.697. The smallest absolute Gasteiger partial charge is 0.129 e. The van der Waals surface area contributed by atoms with Crippen molar-refractivity contribution in [3.05, 3.63) is 71.4 Å². The van der Waals surface area contributed by atoms with Crippen molar-refractivity contribution < 1.29 is 0 Å². The molecule has 1 aromatic heterocycles. The third kappa shape index (κ3) is 2.53. The summed E-state index contributed by atoms with van der Waals surface area (Å²) in [7, 11) is 0. The van der Waals surface area contributed by atoms with Crippen molar-refractivity contribution in [1.82, 2.24) is 9.78 Å². The van der Waals surface area contributed by atoms with Gasteiger partial charge in [-0.3, -0.25) is 0 Å². The van der Waals surface area contributed by atoms with Gasteiger partial charge < -0.3 is 5.73 Å². The van der Waals surface area contributed by atoms with Gasteiger partial charge in [-0.2, -0.15) is 5.10 Å². The van der Waals surface area contributed by atoms with Gasteiger partial charge >= 0.3 is 0 Å². The average Bonchev–Trinajstić information content (AvgIpc) is 2.83. The first-order valence-corrected chi connectivity index (χ1v) is 6.73. The summed E-state index contributed by atoms with van der Waals surface area (Å²) in [5.41, 5.74) is 9.31. The van der Waals surface area contributed by atoms with Gasteiger partial charge in [0.05, 0.1) is 12.7 Å². The van der Waals surface area contributed by atoms with Crippen LogP contribution in [0.2, 0.25) is 5.02 Å². The zero-order valence-corrected chi connectivity index (χ0v) is 11.6. The van der Waals surface area contributed by atoms with Crippen LogP contribution in [0.3, 0.4) is 0 Å². The average molecular weight is 284 g/mol. The van der Waals surface area contributed by atoms with E-state index in [4.69, 9.17) is 17.3 Å². The highest BCUT2D eigenvalue weighted by Gasteiger charge is 2.09. The Balaban J connectivity index is 1.91. The summed E-state index contributed by atoms with van der Waals surface area (Å²) < 4.78 is 1.80. The van der Waals surface area contributed by atoms with Gasteiger partial charge in [-0.25, -0.2) is 4.68 Å². The van der Waals surface area contributed by atoms with Crippen LogP contribution in [0.1, 0.15) is 5.56 Å². The summed E-state index contributed by atoms with van der Waals surface area (Å²) in [6.45, 7) is 0.667. The number of rotatable bonds is 3. The second-order valence-electron chi connectivity index (χ2n) is 4.59. The first kappa shape index (κ1) is 12.8. The fraction of sp³-hybridized carbons (Fsp3) is 0.0625. The zero-order valence-electron chi connectivity index (χ0n) is 10.8. The second-order valence-corrected chi connectivity index (χ2v) is 5.03. The highest BCUT2D eigenvalue weighted by atomic mass is 35.5. The molecule has 0 unspecified atom stereocenters. The van der Waals surface area contributed by atoms with Gasteiger partial charge in [-0.1, -0.05) is 54.1 Å². The molecule has 0 spiro atoms. The molecule has 0 aliphatic carbocycles. The van der Waals surface area contributed by atoms with Crippen LogP contribution >= 0.6 is 11.6 Å². The van der Waals surface area contributed by atoms with E-state index in [9.17, 15) is 0 Å². The molecule has 100 valence electrons. The molecule has 0 aliphatic rings. The summed E-state index contributed by atoms with van der Waals surface area (Å²) in [4.78, 5) is 0. The normalized spacial score (nSPS) is 10.7. The third-order valence-electron chi connectivity index (χ3n) is 3.21. The number of anilines is 1. The van der Waals surface area contributed by atoms with Crippen molar-refractivity contribution in [3.8, 4) is 11.1 Å². The van der Waals surface area contributed by atoms with E-state index in [0.717, 1.165) is 11.1 Å². The minimum absolute atomic E-state index is 0.663. The third-order valence-corrected chi connectivity index (χ3v) is 3.46. The Kier molecular flexibility index (Phi) is 3.44. The Bertz CT molecular complexity index is 702. The summed E-state index contributed by atoms with van der Waals surface area (Å²) in [6, 6.07) is 17.7. The molecular formula is C16H14ClN3. The molecule has 3 nitrogen and oxygen atoms in total. The molecule has 2 aromatic carbocycles. The standard InChI is InChI=1S/C16H14ClN3/c17-14-8-6-13(7-9-14)15-10-19-20(16(15)18)11-12-4-2-1-3-5-12/h1-10H,11,18H2. The number of hydrogen-bond acceptors (Lipinski definition) is 2. The van der Waals surface area contributed by atoms with E-state index in [0.29, 0.717) is 17.4 Å². The van der Waals surface area contributed by atoms with Gasteiger partial charge in [0.15, 0.2) is 0 Å². The van der Waals surface area contributed by atoms with Crippen LogP contribution in [0.4, 0.5) is 5.82 Å². The first-order chi connectivity index (χ1) is 9.74. The highest BCUT2D eigenvalue weighted by molar-refractivity contribution is 6.30. The van der Waals surface area contributed by atoms with Gasteiger partial charge in [0.2, 0.25) is 0 Å². The highest BCUT2D eigenvalue weighted by Crippen LogP contribution is 2.27. The Morgan fingerprint density at radius 1 is 1.00 bits per heavy atom. The molecule has 0 amide bonds. The van der Waals surface area contributed by atoms with E-state index < -0.39 is 0 Å². The predicted octanol–water partition coefficient (Wildman–Crippen LogP) is 3.83. The summed E-state index contributed by atoms with van der Waals surface area (Å²) in [5.74, 6) is 0.663. The van der Waals surface area contributed by atoms with E-state index >= 15 is 0 Å². The van der Waals surface area contributed by atoms with Crippen LogP contribution in [0.5, 0.6) is 0 Å². The van der Waals surface area contributed by atoms with Gasteiger partial charge in [-0.05, 0) is 23.3 Å². The summed E-state index contributed by atoms with van der Waals surface area (Å²) in [5, 5.41) is 5.08. The van der Waals surface area contributed by atoms with Crippen LogP contribution in [-0.4, -0.2) is 9.78 Å². The summed E-state index contributed by atoms with van der Waals surface area (Å²) in [6.07, 6.45) is 1.79. The molecule has 2 N–H and O–H groups in total. The van der Waals surface area contributed by atoms with Crippen LogP contribution < -0.4 is 5.73 Å². The van der Waals surface area contributed by atoms with E-state index in [1.165, 1.54) is 5.56 Å². The largest absolute Gasteiger partial charge is 0.383 e. The molecule has 0 atom stereocenters. The maximum absolute atomic E-state index is 6.19. The summed E-state index contributed by atoms with van der Waals surface area (Å²) >= 11 is 5.90. The Labute approximate surface area is 122 Å².